The molecule has 2 heterocycles. The Bertz CT molecular complexity index is 1280. The number of benzene rings is 2. The van der Waals surface area contributed by atoms with E-state index in [4.69, 9.17) is 20.9 Å². The van der Waals surface area contributed by atoms with Crippen molar-refractivity contribution in [2.45, 2.75) is 6.54 Å². The van der Waals surface area contributed by atoms with E-state index in [9.17, 15) is 9.59 Å². The number of hydrogen-bond acceptors (Lipinski definition) is 6. The second kappa shape index (κ2) is 8.34. The summed E-state index contributed by atoms with van der Waals surface area (Å²) >= 11 is 6.18. The molecule has 150 valence electrons. The summed E-state index contributed by atoms with van der Waals surface area (Å²) in [7, 11) is 1.49. The molecule has 0 saturated carbocycles. The Hall–Kier alpha value is -3.71. The minimum absolute atomic E-state index is 0.0500. The van der Waals surface area contributed by atoms with Gasteiger partial charge in [0, 0.05) is 11.8 Å². The van der Waals surface area contributed by atoms with Crippen LogP contribution in [0.2, 0.25) is 5.02 Å². The zero-order valence-electron chi connectivity index (χ0n) is 15.9. The van der Waals surface area contributed by atoms with Gasteiger partial charge >= 0.3 is 0 Å². The topological polar surface area (TPSA) is 87.2 Å². The average Bonchev–Trinajstić information content (AvgIpc) is 3.25. The molecule has 0 amide bonds. The van der Waals surface area contributed by atoms with Crippen molar-refractivity contribution >= 4 is 17.4 Å². The molecule has 0 spiro atoms. The van der Waals surface area contributed by atoms with Crippen LogP contribution in [0.1, 0.15) is 10.4 Å². The first kappa shape index (κ1) is 19.6. The Balaban J connectivity index is 1.65. The van der Waals surface area contributed by atoms with Crippen LogP contribution in [0.4, 0.5) is 0 Å². The van der Waals surface area contributed by atoms with Crippen LogP contribution in [-0.4, -0.2) is 27.6 Å². The third kappa shape index (κ3) is 3.75. The molecule has 0 saturated heterocycles. The van der Waals surface area contributed by atoms with Gasteiger partial charge in [0.1, 0.15) is 11.3 Å². The summed E-state index contributed by atoms with van der Waals surface area (Å²) in [6.07, 6.45) is 1.53. The van der Waals surface area contributed by atoms with Crippen molar-refractivity contribution < 1.29 is 14.1 Å². The van der Waals surface area contributed by atoms with E-state index < -0.39 is 5.56 Å². The van der Waals surface area contributed by atoms with Crippen LogP contribution in [-0.2, 0) is 6.54 Å². The molecule has 0 unspecified atom stereocenters. The molecular formula is C22H16ClN3O4. The Morgan fingerprint density at radius 1 is 1.07 bits per heavy atom. The molecule has 0 radical (unpaired) electrons. The number of Topliss-reactive ketones (excluding diaryl/α,β-unsaturated/α-hetero) is 1. The summed E-state index contributed by atoms with van der Waals surface area (Å²) in [5.41, 5.74) is 0.763. The fraction of sp³-hybridized carbons (Fsp3) is 0.0909. The summed E-state index contributed by atoms with van der Waals surface area (Å²) in [5, 5.41) is 4.39. The summed E-state index contributed by atoms with van der Waals surface area (Å²) in [6.45, 7) is -0.154. The molecular weight excluding hydrogens is 406 g/mol. The summed E-state index contributed by atoms with van der Waals surface area (Å²) < 4.78 is 11.8. The molecule has 0 aliphatic heterocycles. The van der Waals surface area contributed by atoms with Crippen molar-refractivity contribution in [2.75, 3.05) is 7.11 Å². The smallest absolute Gasteiger partial charge is 0.263 e. The van der Waals surface area contributed by atoms with Crippen LogP contribution in [0, 0.1) is 0 Å². The third-order valence-corrected chi connectivity index (χ3v) is 4.84. The predicted octanol–water partition coefficient (Wildman–Crippen LogP) is 4.11. The maximum absolute atomic E-state index is 12.9. The van der Waals surface area contributed by atoms with Gasteiger partial charge in [-0.2, -0.15) is 4.98 Å². The lowest BCUT2D eigenvalue weighted by atomic mass is 10.1. The van der Waals surface area contributed by atoms with Crippen molar-refractivity contribution in [1.29, 1.82) is 0 Å². The quantitative estimate of drug-likeness (QED) is 0.435. The number of methoxy groups -OCH3 is 1. The molecule has 0 N–H and O–H groups in total. The number of hydrogen-bond donors (Lipinski definition) is 0. The van der Waals surface area contributed by atoms with E-state index in [0.717, 1.165) is 0 Å². The van der Waals surface area contributed by atoms with Crippen LogP contribution < -0.4 is 10.3 Å². The Kier molecular flexibility index (Phi) is 5.45. The van der Waals surface area contributed by atoms with Gasteiger partial charge in [-0.1, -0.05) is 41.0 Å². The molecule has 0 fully saturated rings. The molecule has 30 heavy (non-hydrogen) atoms. The van der Waals surface area contributed by atoms with Gasteiger partial charge in [0.25, 0.3) is 11.4 Å². The van der Waals surface area contributed by atoms with Gasteiger partial charge in [-0.15, -0.1) is 0 Å². The van der Waals surface area contributed by atoms with Gasteiger partial charge in [0.15, 0.2) is 5.78 Å². The minimum atomic E-state index is -0.421. The van der Waals surface area contributed by atoms with Gasteiger partial charge in [0.05, 0.1) is 24.2 Å². The number of aromatic nitrogens is 3. The lowest BCUT2D eigenvalue weighted by molar-refractivity contribution is 0.0968. The van der Waals surface area contributed by atoms with Crippen LogP contribution in [0.15, 0.2) is 76.2 Å². The fourth-order valence-corrected chi connectivity index (χ4v) is 3.24. The monoisotopic (exact) mass is 421 g/mol. The molecule has 7 nitrogen and oxygen atoms in total. The number of carbonyl (C=O) groups is 1. The Morgan fingerprint density at radius 2 is 1.80 bits per heavy atom. The summed E-state index contributed by atoms with van der Waals surface area (Å²) in [4.78, 5) is 29.9. The second-order valence-electron chi connectivity index (χ2n) is 6.38. The lowest BCUT2D eigenvalue weighted by Gasteiger charge is -2.09. The fourth-order valence-electron chi connectivity index (χ4n) is 3.02. The minimum Gasteiger partial charge on any atom is -0.496 e. The molecule has 4 aromatic rings. The van der Waals surface area contributed by atoms with Gasteiger partial charge in [-0.25, -0.2) is 0 Å². The summed E-state index contributed by atoms with van der Waals surface area (Å²) in [5.74, 6) is 0.520. The number of ether oxygens (including phenoxy) is 1. The largest absolute Gasteiger partial charge is 0.496 e. The van der Waals surface area contributed by atoms with Gasteiger partial charge in [0.2, 0.25) is 5.82 Å². The van der Waals surface area contributed by atoms with Crippen molar-refractivity contribution in [2.24, 2.45) is 0 Å². The molecule has 4 rings (SSSR count). The number of ketones is 1. The van der Waals surface area contributed by atoms with E-state index >= 15 is 0 Å². The van der Waals surface area contributed by atoms with Gasteiger partial charge in [-0.05, 0) is 36.4 Å². The van der Waals surface area contributed by atoms with E-state index in [2.05, 4.69) is 10.1 Å². The predicted molar refractivity (Wildman–Crippen MR) is 112 cm³/mol. The first-order chi connectivity index (χ1) is 14.6. The number of rotatable bonds is 6. The Morgan fingerprint density at radius 3 is 2.60 bits per heavy atom. The number of pyridine rings is 1. The van der Waals surface area contributed by atoms with E-state index in [-0.39, 0.29) is 29.6 Å². The first-order valence-corrected chi connectivity index (χ1v) is 9.41. The Labute approximate surface area is 176 Å². The van der Waals surface area contributed by atoms with Crippen molar-refractivity contribution in [3.63, 3.8) is 0 Å². The zero-order valence-corrected chi connectivity index (χ0v) is 16.7. The van der Waals surface area contributed by atoms with Gasteiger partial charge < -0.3 is 13.8 Å². The lowest BCUT2D eigenvalue weighted by Crippen LogP contribution is -2.25. The number of carbonyl (C=O) groups excluding carboxylic acids is 1. The molecule has 0 bridgehead atoms. The molecule has 0 atom stereocenters. The molecule has 8 heteroatoms. The van der Waals surface area contributed by atoms with Crippen molar-refractivity contribution in [3.05, 3.63) is 87.8 Å². The third-order valence-electron chi connectivity index (χ3n) is 4.51. The van der Waals surface area contributed by atoms with Crippen molar-refractivity contribution in [1.82, 2.24) is 14.7 Å². The van der Waals surface area contributed by atoms with E-state index in [1.54, 1.807) is 60.7 Å². The normalized spacial score (nSPS) is 10.7. The molecule has 2 aromatic carbocycles. The average molecular weight is 422 g/mol. The number of halogens is 1. The van der Waals surface area contributed by atoms with Crippen LogP contribution >= 0.6 is 11.6 Å². The van der Waals surface area contributed by atoms with Crippen LogP contribution in [0.3, 0.4) is 0 Å². The highest BCUT2D eigenvalue weighted by Gasteiger charge is 2.18. The summed E-state index contributed by atoms with van der Waals surface area (Å²) in [6, 6.07) is 17.1. The highest BCUT2D eigenvalue weighted by Crippen LogP contribution is 2.26. The maximum atomic E-state index is 12.9. The van der Waals surface area contributed by atoms with Crippen LogP contribution in [0.25, 0.3) is 22.8 Å². The molecule has 0 aliphatic carbocycles. The highest BCUT2D eigenvalue weighted by molar-refractivity contribution is 6.33. The van der Waals surface area contributed by atoms with E-state index in [1.165, 1.54) is 17.9 Å². The van der Waals surface area contributed by atoms with Crippen LogP contribution in [0.5, 0.6) is 5.75 Å². The SMILES string of the molecule is COc1ccccc1C(=O)Cn1cccc(-c2nc(-c3ccccc3Cl)no2)c1=O. The second-order valence-corrected chi connectivity index (χ2v) is 6.79. The van der Waals surface area contributed by atoms with Crippen molar-refractivity contribution in [3.8, 4) is 28.6 Å². The maximum Gasteiger partial charge on any atom is 0.263 e. The van der Waals surface area contributed by atoms with E-state index in [1.807, 2.05) is 0 Å². The zero-order chi connectivity index (χ0) is 21.1. The molecule has 0 aliphatic rings. The first-order valence-electron chi connectivity index (χ1n) is 9.03. The van der Waals surface area contributed by atoms with E-state index in [0.29, 0.717) is 21.9 Å². The standard InChI is InChI=1S/C22H16ClN3O4/c1-29-19-11-5-3-8-15(19)18(27)13-26-12-6-9-16(22(26)28)21-24-20(25-30-21)14-7-2-4-10-17(14)23/h2-12H,13H2,1H3. The highest BCUT2D eigenvalue weighted by atomic mass is 35.5. The number of para-hydroxylation sites is 1. The van der Waals surface area contributed by atoms with Gasteiger partial charge in [-0.3, -0.25) is 9.59 Å². The number of nitrogens with zero attached hydrogens (tertiary/aromatic N) is 3. The molecule has 2 aromatic heterocycles.